The molecule has 0 atom stereocenters. The summed E-state index contributed by atoms with van der Waals surface area (Å²) in [4.78, 5) is 25.1. The first-order valence-electron chi connectivity index (χ1n) is 8.73. The number of ether oxygens (including phenoxy) is 1. The molecule has 1 aliphatic rings. The smallest absolute Gasteiger partial charge is 0.409 e. The monoisotopic (exact) mass is 343 g/mol. The van der Waals surface area contributed by atoms with Gasteiger partial charge in [0.25, 0.3) is 0 Å². The highest BCUT2D eigenvalue weighted by Gasteiger charge is 2.22. The van der Waals surface area contributed by atoms with Crippen LogP contribution in [0.25, 0.3) is 10.9 Å². The maximum atomic E-state index is 12.2. The summed E-state index contributed by atoms with van der Waals surface area (Å²) in [5, 5.41) is 0.861. The minimum atomic E-state index is -0.241. The minimum absolute atomic E-state index is 0.241. The van der Waals surface area contributed by atoms with Crippen molar-refractivity contribution in [2.75, 3.05) is 43.4 Å². The molecule has 2 N–H and O–H groups in total. The topological polar surface area (TPSA) is 84.6 Å². The zero-order valence-electron chi connectivity index (χ0n) is 14.8. The molecule has 1 amide bonds. The molecule has 1 fully saturated rings. The third-order valence-electron chi connectivity index (χ3n) is 4.20. The van der Waals surface area contributed by atoms with E-state index >= 15 is 0 Å². The van der Waals surface area contributed by atoms with Gasteiger partial charge >= 0.3 is 6.09 Å². The van der Waals surface area contributed by atoms with Gasteiger partial charge in [0.05, 0.1) is 12.1 Å². The van der Waals surface area contributed by atoms with E-state index in [9.17, 15) is 4.79 Å². The second-order valence-corrected chi connectivity index (χ2v) is 6.72. The molecule has 0 aliphatic carbocycles. The molecule has 134 valence electrons. The SMILES string of the molecule is CC(C)COC(=O)N1CCCN(c2nc(N)c3ccccc3n2)CC1. The van der Waals surface area contributed by atoms with E-state index in [4.69, 9.17) is 10.5 Å². The van der Waals surface area contributed by atoms with Crippen LogP contribution >= 0.6 is 0 Å². The molecule has 1 aromatic carbocycles. The number of carbonyl (C=O) groups is 1. The van der Waals surface area contributed by atoms with E-state index < -0.39 is 0 Å². The molecular weight excluding hydrogens is 318 g/mol. The Morgan fingerprint density at radius 2 is 2.00 bits per heavy atom. The summed E-state index contributed by atoms with van der Waals surface area (Å²) >= 11 is 0. The molecule has 1 aliphatic heterocycles. The number of anilines is 2. The summed E-state index contributed by atoms with van der Waals surface area (Å²) in [5.74, 6) is 1.44. The van der Waals surface area contributed by atoms with Crippen LogP contribution in [0.5, 0.6) is 0 Å². The Hall–Kier alpha value is -2.57. The van der Waals surface area contributed by atoms with Gasteiger partial charge in [0.1, 0.15) is 5.82 Å². The number of aromatic nitrogens is 2. The maximum Gasteiger partial charge on any atom is 0.409 e. The molecule has 0 saturated carbocycles. The van der Waals surface area contributed by atoms with Gasteiger partial charge in [-0.3, -0.25) is 0 Å². The minimum Gasteiger partial charge on any atom is -0.449 e. The lowest BCUT2D eigenvalue weighted by atomic mass is 10.2. The molecule has 25 heavy (non-hydrogen) atoms. The lowest BCUT2D eigenvalue weighted by Gasteiger charge is -2.22. The second-order valence-electron chi connectivity index (χ2n) is 6.72. The Morgan fingerprint density at radius 3 is 2.80 bits per heavy atom. The molecule has 2 heterocycles. The zero-order chi connectivity index (χ0) is 17.8. The van der Waals surface area contributed by atoms with Gasteiger partial charge in [-0.2, -0.15) is 4.98 Å². The quantitative estimate of drug-likeness (QED) is 0.922. The second kappa shape index (κ2) is 7.55. The predicted molar refractivity (Wildman–Crippen MR) is 98.5 cm³/mol. The Morgan fingerprint density at radius 1 is 1.20 bits per heavy atom. The van der Waals surface area contributed by atoms with E-state index in [2.05, 4.69) is 14.9 Å². The zero-order valence-corrected chi connectivity index (χ0v) is 14.8. The van der Waals surface area contributed by atoms with Crippen molar-refractivity contribution >= 4 is 28.8 Å². The Labute approximate surface area is 147 Å². The molecule has 0 spiro atoms. The number of nitrogens with two attached hydrogens (primary N) is 1. The number of carbonyl (C=O) groups excluding carboxylic acids is 1. The van der Waals surface area contributed by atoms with E-state index in [0.29, 0.717) is 43.9 Å². The fourth-order valence-corrected chi connectivity index (χ4v) is 2.86. The van der Waals surface area contributed by atoms with Crippen LogP contribution in [0, 0.1) is 5.92 Å². The van der Waals surface area contributed by atoms with Gasteiger partial charge in [-0.25, -0.2) is 9.78 Å². The summed E-state index contributed by atoms with van der Waals surface area (Å²) in [5.41, 5.74) is 6.92. The third-order valence-corrected chi connectivity index (χ3v) is 4.20. The predicted octanol–water partition coefficient (Wildman–Crippen LogP) is 2.52. The van der Waals surface area contributed by atoms with Crippen LogP contribution < -0.4 is 10.6 Å². The van der Waals surface area contributed by atoms with Crippen LogP contribution in [-0.2, 0) is 4.74 Å². The average molecular weight is 343 g/mol. The van der Waals surface area contributed by atoms with Gasteiger partial charge < -0.3 is 20.3 Å². The van der Waals surface area contributed by atoms with Crippen LogP contribution in [0.15, 0.2) is 24.3 Å². The summed E-state index contributed by atoms with van der Waals surface area (Å²) in [6, 6.07) is 7.72. The first-order chi connectivity index (χ1) is 12.0. The van der Waals surface area contributed by atoms with E-state index in [0.717, 1.165) is 23.9 Å². The fraction of sp³-hybridized carbons (Fsp3) is 0.500. The summed E-state index contributed by atoms with van der Waals surface area (Å²) in [7, 11) is 0. The van der Waals surface area contributed by atoms with Gasteiger partial charge in [-0.05, 0) is 24.5 Å². The normalized spacial score (nSPS) is 15.5. The summed E-state index contributed by atoms with van der Waals surface area (Å²) in [6.07, 6.45) is 0.599. The van der Waals surface area contributed by atoms with Gasteiger partial charge in [-0.15, -0.1) is 0 Å². The fourth-order valence-electron chi connectivity index (χ4n) is 2.86. The Bertz CT molecular complexity index is 749. The third kappa shape index (κ3) is 4.10. The van der Waals surface area contributed by atoms with Crippen molar-refractivity contribution in [2.45, 2.75) is 20.3 Å². The average Bonchev–Trinajstić information content (AvgIpc) is 2.86. The first kappa shape index (κ1) is 17.3. The number of rotatable bonds is 3. The van der Waals surface area contributed by atoms with Crippen molar-refractivity contribution in [1.82, 2.24) is 14.9 Å². The highest BCUT2D eigenvalue weighted by molar-refractivity contribution is 5.88. The van der Waals surface area contributed by atoms with Gasteiger partial charge in [0.15, 0.2) is 0 Å². The lowest BCUT2D eigenvalue weighted by Crippen LogP contribution is -2.36. The van der Waals surface area contributed by atoms with Crippen LogP contribution in [0.3, 0.4) is 0 Å². The van der Waals surface area contributed by atoms with Crippen molar-refractivity contribution in [3.05, 3.63) is 24.3 Å². The van der Waals surface area contributed by atoms with Crippen LogP contribution in [-0.4, -0.2) is 53.7 Å². The number of nitrogen functional groups attached to an aromatic ring is 1. The van der Waals surface area contributed by atoms with Crippen molar-refractivity contribution in [1.29, 1.82) is 0 Å². The molecule has 0 radical (unpaired) electrons. The van der Waals surface area contributed by atoms with E-state index in [1.807, 2.05) is 38.1 Å². The molecule has 7 heteroatoms. The number of hydrogen-bond acceptors (Lipinski definition) is 6. The standard InChI is InChI=1S/C18H25N5O2/c1-13(2)12-25-18(24)23-9-5-8-22(10-11-23)17-20-15-7-4-3-6-14(15)16(19)21-17/h3-4,6-7,13H,5,8-12H2,1-2H3,(H2,19,20,21). The molecule has 1 aromatic heterocycles. The van der Waals surface area contributed by atoms with E-state index in [1.54, 1.807) is 4.90 Å². The highest BCUT2D eigenvalue weighted by atomic mass is 16.6. The Balaban J connectivity index is 1.70. The molecule has 0 bridgehead atoms. The van der Waals surface area contributed by atoms with Crippen molar-refractivity contribution in [3.63, 3.8) is 0 Å². The lowest BCUT2D eigenvalue weighted by molar-refractivity contribution is 0.0943. The molecule has 2 aromatic rings. The van der Waals surface area contributed by atoms with Gasteiger partial charge in [0, 0.05) is 31.6 Å². The highest BCUT2D eigenvalue weighted by Crippen LogP contribution is 2.21. The summed E-state index contributed by atoms with van der Waals surface area (Å²) in [6.45, 7) is 7.21. The maximum absolute atomic E-state index is 12.2. The number of benzene rings is 1. The molecular formula is C18H25N5O2. The van der Waals surface area contributed by atoms with Crippen LogP contribution in [0.4, 0.5) is 16.6 Å². The van der Waals surface area contributed by atoms with Crippen LogP contribution in [0.1, 0.15) is 20.3 Å². The van der Waals surface area contributed by atoms with Gasteiger partial charge in [-0.1, -0.05) is 26.0 Å². The molecule has 3 rings (SSSR count). The van der Waals surface area contributed by atoms with Gasteiger partial charge in [0.2, 0.25) is 5.95 Å². The van der Waals surface area contributed by atoms with Crippen LogP contribution in [0.2, 0.25) is 0 Å². The number of para-hydroxylation sites is 1. The number of nitrogens with zero attached hydrogens (tertiary/aromatic N) is 4. The number of amides is 1. The van der Waals surface area contributed by atoms with Crippen molar-refractivity contribution in [3.8, 4) is 0 Å². The first-order valence-corrected chi connectivity index (χ1v) is 8.73. The Kier molecular flexibility index (Phi) is 5.21. The number of hydrogen-bond donors (Lipinski definition) is 1. The van der Waals surface area contributed by atoms with E-state index in [1.165, 1.54) is 0 Å². The van der Waals surface area contributed by atoms with Crippen molar-refractivity contribution in [2.24, 2.45) is 5.92 Å². The largest absolute Gasteiger partial charge is 0.449 e. The molecule has 0 unspecified atom stereocenters. The summed E-state index contributed by atoms with van der Waals surface area (Å²) < 4.78 is 5.33. The number of fused-ring (bicyclic) bond motifs is 1. The van der Waals surface area contributed by atoms with Crippen molar-refractivity contribution < 1.29 is 9.53 Å². The molecule has 7 nitrogen and oxygen atoms in total. The molecule has 1 saturated heterocycles. The van der Waals surface area contributed by atoms with E-state index in [-0.39, 0.29) is 6.09 Å².